The van der Waals surface area contributed by atoms with Crippen molar-refractivity contribution >= 4 is 21.7 Å². The van der Waals surface area contributed by atoms with Crippen LogP contribution in [0.2, 0.25) is 0 Å². The lowest BCUT2D eigenvalue weighted by molar-refractivity contribution is 0.776. The predicted molar refractivity (Wildman–Crippen MR) is 60.1 cm³/mol. The maximum Gasteiger partial charge on any atom is 0.142 e. The molecule has 0 aromatic carbocycles. The van der Waals surface area contributed by atoms with E-state index in [1.807, 2.05) is 18.3 Å². The van der Waals surface area contributed by atoms with Crippen molar-refractivity contribution < 1.29 is 0 Å². The molecular weight excluding hydrogens is 228 g/mol. The van der Waals surface area contributed by atoms with Crippen molar-refractivity contribution in [1.29, 1.82) is 0 Å². The smallest absolute Gasteiger partial charge is 0.142 e. The van der Waals surface area contributed by atoms with Gasteiger partial charge < -0.3 is 4.90 Å². The molecule has 0 amide bonds. The number of aromatic nitrogens is 1. The summed E-state index contributed by atoms with van der Waals surface area (Å²) in [6.07, 6.45) is 2.98. The van der Waals surface area contributed by atoms with Gasteiger partial charge in [-0.05, 0) is 41.4 Å². The second-order valence-corrected chi connectivity index (χ2v) is 3.74. The van der Waals surface area contributed by atoms with E-state index < -0.39 is 0 Å². The maximum absolute atomic E-state index is 4.35. The van der Waals surface area contributed by atoms with E-state index >= 15 is 0 Å². The highest BCUT2D eigenvalue weighted by Gasteiger charge is 2.07. The number of anilines is 1. The fourth-order valence-electron chi connectivity index (χ4n) is 1.29. The zero-order valence-corrected chi connectivity index (χ0v) is 9.71. The molecular formula is C10H15BrN2. The molecule has 0 saturated carbocycles. The average Bonchev–Trinajstić information content (AvgIpc) is 2.16. The summed E-state index contributed by atoms with van der Waals surface area (Å²) in [5.74, 6) is 1.05. The van der Waals surface area contributed by atoms with Crippen LogP contribution in [0.1, 0.15) is 20.3 Å². The lowest BCUT2D eigenvalue weighted by Crippen LogP contribution is -2.24. The van der Waals surface area contributed by atoms with Crippen LogP contribution in [-0.2, 0) is 0 Å². The molecule has 0 N–H and O–H groups in total. The first kappa shape index (κ1) is 10.5. The number of pyridine rings is 1. The van der Waals surface area contributed by atoms with Gasteiger partial charge in [-0.2, -0.15) is 0 Å². The average molecular weight is 243 g/mol. The molecule has 0 radical (unpaired) electrons. The summed E-state index contributed by atoms with van der Waals surface area (Å²) in [7, 11) is 0. The Bertz CT molecular complexity index is 263. The second-order valence-electron chi connectivity index (χ2n) is 2.89. The summed E-state index contributed by atoms with van der Waals surface area (Å²) < 4.78 is 1.07. The SMILES string of the molecule is CCCN(CC)c1ncccc1Br. The topological polar surface area (TPSA) is 16.1 Å². The third-order valence-electron chi connectivity index (χ3n) is 1.91. The fourth-order valence-corrected chi connectivity index (χ4v) is 1.80. The summed E-state index contributed by atoms with van der Waals surface area (Å²) in [5, 5.41) is 0. The molecule has 0 unspecified atom stereocenters. The molecule has 1 aromatic rings. The lowest BCUT2D eigenvalue weighted by atomic mass is 10.3. The van der Waals surface area contributed by atoms with Crippen molar-refractivity contribution in [3.05, 3.63) is 22.8 Å². The van der Waals surface area contributed by atoms with Gasteiger partial charge >= 0.3 is 0 Å². The molecule has 72 valence electrons. The van der Waals surface area contributed by atoms with Crippen LogP contribution in [0.3, 0.4) is 0 Å². The Labute approximate surface area is 88.1 Å². The van der Waals surface area contributed by atoms with Gasteiger partial charge in [-0.15, -0.1) is 0 Å². The monoisotopic (exact) mass is 242 g/mol. The van der Waals surface area contributed by atoms with E-state index in [0.717, 1.165) is 29.8 Å². The van der Waals surface area contributed by atoms with E-state index in [1.165, 1.54) is 0 Å². The fraction of sp³-hybridized carbons (Fsp3) is 0.500. The summed E-state index contributed by atoms with van der Waals surface area (Å²) in [5.41, 5.74) is 0. The van der Waals surface area contributed by atoms with Gasteiger partial charge in [0.2, 0.25) is 0 Å². The molecule has 1 heterocycles. The van der Waals surface area contributed by atoms with Crippen LogP contribution >= 0.6 is 15.9 Å². The van der Waals surface area contributed by atoms with Gasteiger partial charge in [0, 0.05) is 19.3 Å². The van der Waals surface area contributed by atoms with Crippen molar-refractivity contribution in [3.8, 4) is 0 Å². The van der Waals surface area contributed by atoms with Crippen molar-refractivity contribution in [2.24, 2.45) is 0 Å². The summed E-state index contributed by atoms with van der Waals surface area (Å²) in [4.78, 5) is 6.62. The Morgan fingerprint density at radius 3 is 2.77 bits per heavy atom. The van der Waals surface area contributed by atoms with Crippen molar-refractivity contribution in [1.82, 2.24) is 4.98 Å². The van der Waals surface area contributed by atoms with Crippen LogP contribution in [-0.4, -0.2) is 18.1 Å². The standard InChI is InChI=1S/C10H15BrN2/c1-3-8-13(4-2)10-9(11)6-5-7-12-10/h5-7H,3-4,8H2,1-2H3. The molecule has 13 heavy (non-hydrogen) atoms. The van der Waals surface area contributed by atoms with E-state index in [-0.39, 0.29) is 0 Å². The highest BCUT2D eigenvalue weighted by molar-refractivity contribution is 9.10. The molecule has 0 aliphatic heterocycles. The van der Waals surface area contributed by atoms with Gasteiger partial charge in [0.25, 0.3) is 0 Å². The largest absolute Gasteiger partial charge is 0.356 e. The first-order valence-corrected chi connectivity index (χ1v) is 5.44. The highest BCUT2D eigenvalue weighted by Crippen LogP contribution is 2.22. The normalized spacial score (nSPS) is 10.1. The predicted octanol–water partition coefficient (Wildman–Crippen LogP) is 3.08. The minimum Gasteiger partial charge on any atom is -0.356 e. The van der Waals surface area contributed by atoms with Gasteiger partial charge in [-0.25, -0.2) is 4.98 Å². The number of rotatable bonds is 4. The van der Waals surface area contributed by atoms with Crippen LogP contribution in [0.25, 0.3) is 0 Å². The Morgan fingerprint density at radius 2 is 2.23 bits per heavy atom. The zero-order valence-electron chi connectivity index (χ0n) is 8.13. The first-order chi connectivity index (χ1) is 6.29. The molecule has 0 fully saturated rings. The Kier molecular flexibility index (Phi) is 4.22. The Morgan fingerprint density at radius 1 is 1.46 bits per heavy atom. The molecule has 0 atom stereocenters. The van der Waals surface area contributed by atoms with E-state index in [1.54, 1.807) is 0 Å². The Hall–Kier alpha value is -0.570. The quantitative estimate of drug-likeness (QED) is 0.807. The van der Waals surface area contributed by atoms with E-state index in [4.69, 9.17) is 0 Å². The van der Waals surface area contributed by atoms with E-state index in [2.05, 4.69) is 39.7 Å². The van der Waals surface area contributed by atoms with Gasteiger partial charge in [0.1, 0.15) is 5.82 Å². The molecule has 0 aliphatic rings. The molecule has 2 nitrogen and oxygen atoms in total. The van der Waals surface area contributed by atoms with Gasteiger partial charge in [0.15, 0.2) is 0 Å². The van der Waals surface area contributed by atoms with Crippen LogP contribution in [0.4, 0.5) is 5.82 Å². The summed E-state index contributed by atoms with van der Waals surface area (Å²) in [6.45, 7) is 6.39. The highest BCUT2D eigenvalue weighted by atomic mass is 79.9. The van der Waals surface area contributed by atoms with Crippen LogP contribution in [0, 0.1) is 0 Å². The minimum atomic E-state index is 1.00. The number of nitrogens with zero attached hydrogens (tertiary/aromatic N) is 2. The lowest BCUT2D eigenvalue weighted by Gasteiger charge is -2.21. The van der Waals surface area contributed by atoms with Gasteiger partial charge in [-0.3, -0.25) is 0 Å². The second kappa shape index (κ2) is 5.22. The molecule has 1 rings (SSSR count). The molecule has 3 heteroatoms. The van der Waals surface area contributed by atoms with Crippen molar-refractivity contribution in [2.45, 2.75) is 20.3 Å². The first-order valence-electron chi connectivity index (χ1n) is 4.65. The number of halogens is 1. The van der Waals surface area contributed by atoms with Crippen LogP contribution < -0.4 is 4.90 Å². The van der Waals surface area contributed by atoms with E-state index in [0.29, 0.717) is 0 Å². The van der Waals surface area contributed by atoms with Crippen molar-refractivity contribution in [2.75, 3.05) is 18.0 Å². The van der Waals surface area contributed by atoms with Crippen LogP contribution in [0.15, 0.2) is 22.8 Å². The Balaban J connectivity index is 2.84. The maximum atomic E-state index is 4.35. The summed E-state index contributed by atoms with van der Waals surface area (Å²) in [6, 6.07) is 3.97. The molecule has 0 spiro atoms. The molecule has 0 saturated heterocycles. The molecule has 0 bridgehead atoms. The number of hydrogen-bond donors (Lipinski definition) is 0. The minimum absolute atomic E-state index is 1.00. The third-order valence-corrected chi connectivity index (χ3v) is 2.53. The van der Waals surface area contributed by atoms with E-state index in [9.17, 15) is 0 Å². The summed E-state index contributed by atoms with van der Waals surface area (Å²) >= 11 is 3.50. The van der Waals surface area contributed by atoms with Gasteiger partial charge in [0.05, 0.1) is 4.47 Å². The molecule has 1 aromatic heterocycles. The van der Waals surface area contributed by atoms with Crippen LogP contribution in [0.5, 0.6) is 0 Å². The molecule has 0 aliphatic carbocycles. The third kappa shape index (κ3) is 2.69. The van der Waals surface area contributed by atoms with Gasteiger partial charge in [-0.1, -0.05) is 6.92 Å². The zero-order chi connectivity index (χ0) is 9.68. The van der Waals surface area contributed by atoms with Crippen molar-refractivity contribution in [3.63, 3.8) is 0 Å². The number of hydrogen-bond acceptors (Lipinski definition) is 2.